The lowest BCUT2D eigenvalue weighted by atomic mass is 10.0. The Bertz CT molecular complexity index is 599. The molecular formula is C17H21NO2. The van der Waals surface area contributed by atoms with Crippen LogP contribution >= 0.6 is 0 Å². The van der Waals surface area contributed by atoms with Crippen LogP contribution in [-0.4, -0.2) is 4.98 Å². The summed E-state index contributed by atoms with van der Waals surface area (Å²) < 4.78 is 5.38. The van der Waals surface area contributed by atoms with E-state index in [2.05, 4.69) is 11.9 Å². The zero-order chi connectivity index (χ0) is 14.4. The van der Waals surface area contributed by atoms with E-state index in [0.29, 0.717) is 0 Å². The smallest absolute Gasteiger partial charge is 0.335 e. The number of pyridine rings is 1. The Morgan fingerprint density at radius 1 is 1.10 bits per heavy atom. The maximum Gasteiger partial charge on any atom is 0.335 e. The molecule has 0 radical (unpaired) electrons. The zero-order valence-corrected chi connectivity index (χ0v) is 12.2. The number of nitrogens with zero attached hydrogens (tertiary/aromatic N) is 1. The largest absolute Gasteiger partial charge is 0.427 e. The lowest BCUT2D eigenvalue weighted by Gasteiger charge is -2.07. The van der Waals surface area contributed by atoms with E-state index < -0.39 is 0 Å². The Hall–Kier alpha value is -1.90. The molecule has 0 saturated heterocycles. The van der Waals surface area contributed by atoms with Gasteiger partial charge in [-0.1, -0.05) is 32.3 Å². The van der Waals surface area contributed by atoms with Crippen molar-refractivity contribution in [2.24, 2.45) is 0 Å². The van der Waals surface area contributed by atoms with E-state index >= 15 is 0 Å². The van der Waals surface area contributed by atoms with Crippen LogP contribution in [0.3, 0.4) is 0 Å². The minimum absolute atomic E-state index is 0.286. The van der Waals surface area contributed by atoms with Crippen molar-refractivity contribution < 1.29 is 4.42 Å². The Morgan fingerprint density at radius 3 is 2.65 bits per heavy atom. The molecule has 2 aromatic heterocycles. The Labute approximate surface area is 119 Å². The van der Waals surface area contributed by atoms with Gasteiger partial charge in [-0.25, -0.2) is 4.79 Å². The third kappa shape index (κ3) is 3.80. The van der Waals surface area contributed by atoms with Gasteiger partial charge in [0.1, 0.15) is 5.76 Å². The van der Waals surface area contributed by atoms with Crippen molar-refractivity contribution in [2.45, 2.75) is 46.0 Å². The lowest BCUT2D eigenvalue weighted by Crippen LogP contribution is -2.02. The second-order valence-corrected chi connectivity index (χ2v) is 5.12. The first-order valence-electron chi connectivity index (χ1n) is 7.26. The molecule has 2 rings (SSSR count). The third-order valence-electron chi connectivity index (χ3n) is 3.35. The molecule has 0 spiro atoms. The second kappa shape index (κ2) is 7.04. The molecule has 0 aliphatic heterocycles. The summed E-state index contributed by atoms with van der Waals surface area (Å²) in [6, 6.07) is 7.28. The van der Waals surface area contributed by atoms with Crippen molar-refractivity contribution in [1.82, 2.24) is 4.98 Å². The number of rotatable bonds is 6. The maximum absolute atomic E-state index is 11.4. The van der Waals surface area contributed by atoms with E-state index in [1.807, 2.05) is 31.3 Å². The first kappa shape index (κ1) is 14.5. The third-order valence-corrected chi connectivity index (χ3v) is 3.35. The highest BCUT2D eigenvalue weighted by atomic mass is 16.4. The molecule has 0 fully saturated rings. The van der Waals surface area contributed by atoms with Gasteiger partial charge in [0, 0.05) is 24.2 Å². The van der Waals surface area contributed by atoms with E-state index in [0.717, 1.165) is 41.8 Å². The molecule has 0 bridgehead atoms. The predicted molar refractivity (Wildman–Crippen MR) is 80.8 cm³/mol. The van der Waals surface area contributed by atoms with Crippen molar-refractivity contribution in [2.75, 3.05) is 0 Å². The molecule has 0 atom stereocenters. The summed E-state index contributed by atoms with van der Waals surface area (Å²) in [7, 11) is 0. The highest BCUT2D eigenvalue weighted by Crippen LogP contribution is 2.22. The van der Waals surface area contributed by atoms with Crippen molar-refractivity contribution in [3.05, 3.63) is 52.2 Å². The fraction of sp³-hybridized carbons (Fsp3) is 0.412. The molecule has 0 aromatic carbocycles. The van der Waals surface area contributed by atoms with Crippen molar-refractivity contribution in [3.8, 4) is 11.3 Å². The molecule has 20 heavy (non-hydrogen) atoms. The van der Waals surface area contributed by atoms with Crippen LogP contribution in [0.15, 0.2) is 39.7 Å². The number of aryl methyl sites for hydroxylation is 2. The lowest BCUT2D eigenvalue weighted by molar-refractivity contribution is 0.451. The van der Waals surface area contributed by atoms with Gasteiger partial charge in [0.05, 0.1) is 5.69 Å². The molecule has 0 unspecified atom stereocenters. The minimum atomic E-state index is -0.286. The van der Waals surface area contributed by atoms with Crippen LogP contribution in [0.4, 0.5) is 0 Å². The molecule has 2 heterocycles. The van der Waals surface area contributed by atoms with Gasteiger partial charge in [0.25, 0.3) is 0 Å². The Kier molecular flexibility index (Phi) is 5.10. The summed E-state index contributed by atoms with van der Waals surface area (Å²) >= 11 is 0. The molecule has 0 aliphatic rings. The number of unbranched alkanes of at least 4 members (excludes halogenated alkanes) is 3. The average Bonchev–Trinajstić information content (AvgIpc) is 2.45. The summed E-state index contributed by atoms with van der Waals surface area (Å²) in [5, 5.41) is 0. The standard InChI is InChI=1S/C17H21NO2/c1-3-4-5-6-7-16-14(9-11-17(19)20-16)15-10-8-13(2)12-18-15/h8-12H,3-7H2,1-2H3. The van der Waals surface area contributed by atoms with Crippen LogP contribution in [0.1, 0.15) is 43.9 Å². The monoisotopic (exact) mass is 271 g/mol. The fourth-order valence-corrected chi connectivity index (χ4v) is 2.21. The molecule has 3 heteroatoms. The van der Waals surface area contributed by atoms with Gasteiger partial charge < -0.3 is 4.42 Å². The van der Waals surface area contributed by atoms with Gasteiger partial charge in [-0.2, -0.15) is 0 Å². The molecule has 106 valence electrons. The fourth-order valence-electron chi connectivity index (χ4n) is 2.21. The molecule has 2 aromatic rings. The Morgan fingerprint density at radius 2 is 1.95 bits per heavy atom. The minimum Gasteiger partial charge on any atom is -0.427 e. The van der Waals surface area contributed by atoms with Crippen LogP contribution in [-0.2, 0) is 6.42 Å². The van der Waals surface area contributed by atoms with Gasteiger partial charge >= 0.3 is 5.63 Å². The van der Waals surface area contributed by atoms with Crippen molar-refractivity contribution >= 4 is 0 Å². The van der Waals surface area contributed by atoms with E-state index in [4.69, 9.17) is 4.42 Å². The summed E-state index contributed by atoms with van der Waals surface area (Å²) in [6.45, 7) is 4.19. The topological polar surface area (TPSA) is 43.1 Å². The molecule has 0 amide bonds. The quantitative estimate of drug-likeness (QED) is 0.742. The van der Waals surface area contributed by atoms with Crippen molar-refractivity contribution in [3.63, 3.8) is 0 Å². The normalized spacial score (nSPS) is 10.7. The molecule has 0 saturated carbocycles. The first-order chi connectivity index (χ1) is 9.70. The zero-order valence-electron chi connectivity index (χ0n) is 12.2. The first-order valence-corrected chi connectivity index (χ1v) is 7.26. The number of hydrogen-bond donors (Lipinski definition) is 0. The average molecular weight is 271 g/mol. The predicted octanol–water partition coefficient (Wildman–Crippen LogP) is 4.13. The molecule has 0 N–H and O–H groups in total. The summed E-state index contributed by atoms with van der Waals surface area (Å²) in [6.07, 6.45) is 7.25. The van der Waals surface area contributed by atoms with Gasteiger partial charge in [-0.3, -0.25) is 4.98 Å². The summed E-state index contributed by atoms with van der Waals surface area (Å²) in [5.41, 5.74) is 2.63. The highest BCUT2D eigenvalue weighted by molar-refractivity contribution is 5.60. The summed E-state index contributed by atoms with van der Waals surface area (Å²) in [4.78, 5) is 15.9. The van der Waals surface area contributed by atoms with Crippen LogP contribution in [0, 0.1) is 6.92 Å². The van der Waals surface area contributed by atoms with Crippen LogP contribution < -0.4 is 5.63 Å². The van der Waals surface area contributed by atoms with Gasteiger partial charge in [-0.15, -0.1) is 0 Å². The van der Waals surface area contributed by atoms with E-state index in [1.165, 1.54) is 18.9 Å². The molecule has 0 aliphatic carbocycles. The second-order valence-electron chi connectivity index (χ2n) is 5.12. The van der Waals surface area contributed by atoms with Crippen LogP contribution in [0.5, 0.6) is 0 Å². The van der Waals surface area contributed by atoms with Gasteiger partial charge in [-0.05, 0) is 31.0 Å². The SMILES string of the molecule is CCCCCCc1oc(=O)ccc1-c1ccc(C)cn1. The van der Waals surface area contributed by atoms with Crippen molar-refractivity contribution in [1.29, 1.82) is 0 Å². The molecule has 3 nitrogen and oxygen atoms in total. The Balaban J connectivity index is 2.23. The van der Waals surface area contributed by atoms with Gasteiger partial charge in [0.2, 0.25) is 0 Å². The van der Waals surface area contributed by atoms with E-state index in [-0.39, 0.29) is 5.63 Å². The highest BCUT2D eigenvalue weighted by Gasteiger charge is 2.09. The van der Waals surface area contributed by atoms with E-state index in [1.54, 1.807) is 0 Å². The number of hydrogen-bond acceptors (Lipinski definition) is 3. The maximum atomic E-state index is 11.4. The van der Waals surface area contributed by atoms with Crippen LogP contribution in [0.2, 0.25) is 0 Å². The van der Waals surface area contributed by atoms with E-state index in [9.17, 15) is 4.79 Å². The summed E-state index contributed by atoms with van der Waals surface area (Å²) in [5.74, 6) is 0.755. The number of aromatic nitrogens is 1. The van der Waals surface area contributed by atoms with Gasteiger partial charge in [0.15, 0.2) is 0 Å². The van der Waals surface area contributed by atoms with Crippen LogP contribution in [0.25, 0.3) is 11.3 Å². The molecular weight excluding hydrogens is 250 g/mol.